The van der Waals surface area contributed by atoms with Gasteiger partial charge in [-0.2, -0.15) is 0 Å². The Bertz CT molecular complexity index is 623. The smallest absolute Gasteiger partial charge is 0.438 e. The summed E-state index contributed by atoms with van der Waals surface area (Å²) in [5, 5.41) is 0. The minimum absolute atomic E-state index is 0.576. The van der Waals surface area contributed by atoms with E-state index in [1.54, 1.807) is 38.1 Å². The quantitative estimate of drug-likeness (QED) is 0.613. The van der Waals surface area contributed by atoms with E-state index >= 15 is 0 Å². The van der Waals surface area contributed by atoms with Gasteiger partial charge in [0.1, 0.15) is 0 Å². The van der Waals surface area contributed by atoms with E-state index in [9.17, 15) is 9.59 Å². The van der Waals surface area contributed by atoms with E-state index in [1.807, 2.05) is 0 Å². The van der Waals surface area contributed by atoms with Crippen molar-refractivity contribution in [3.05, 3.63) is 35.4 Å². The molecule has 0 spiro atoms. The van der Waals surface area contributed by atoms with Gasteiger partial charge in [0.15, 0.2) is 12.2 Å². The fraction of sp³-hybridized carbons (Fsp3) is 0.333. The predicted octanol–water partition coefficient (Wildman–Crippen LogP) is 2.73. The molecule has 0 heterocycles. The van der Waals surface area contributed by atoms with Crippen LogP contribution in [0, 0.1) is 23.7 Å². The maximum Gasteiger partial charge on any atom is 0.509 e. The first-order chi connectivity index (χ1) is 11.4. The van der Waals surface area contributed by atoms with Crippen LogP contribution in [0.2, 0.25) is 0 Å². The van der Waals surface area contributed by atoms with Crippen LogP contribution in [0.3, 0.4) is 0 Å². The van der Waals surface area contributed by atoms with Crippen LogP contribution in [0.5, 0.6) is 0 Å². The molecular formula is C18H18O6. The van der Waals surface area contributed by atoms with Crippen LogP contribution < -0.4 is 0 Å². The summed E-state index contributed by atoms with van der Waals surface area (Å²) in [5.41, 5.74) is 1.50. The first-order valence-electron chi connectivity index (χ1n) is 7.07. The van der Waals surface area contributed by atoms with E-state index < -0.39 is 24.5 Å². The highest BCUT2D eigenvalue weighted by Crippen LogP contribution is 2.03. The summed E-state index contributed by atoms with van der Waals surface area (Å²) in [5.74, 6) is 11.3. The Balaban J connectivity index is 2.64. The minimum Gasteiger partial charge on any atom is -0.438 e. The Hall–Kier alpha value is -3.12. The largest absolute Gasteiger partial charge is 0.509 e. The molecule has 0 saturated carbocycles. The Morgan fingerprint density at radius 1 is 0.792 bits per heavy atom. The molecule has 0 aliphatic carbocycles. The van der Waals surface area contributed by atoms with E-state index in [1.165, 1.54) is 14.2 Å². The molecule has 2 atom stereocenters. The monoisotopic (exact) mass is 330 g/mol. The zero-order chi connectivity index (χ0) is 17.9. The second kappa shape index (κ2) is 9.81. The van der Waals surface area contributed by atoms with E-state index in [0.717, 1.165) is 11.1 Å². The molecule has 24 heavy (non-hydrogen) atoms. The lowest BCUT2D eigenvalue weighted by molar-refractivity contribution is 0.0594. The van der Waals surface area contributed by atoms with Crippen molar-refractivity contribution >= 4 is 12.3 Å². The highest BCUT2D eigenvalue weighted by Gasteiger charge is 2.06. The number of rotatable bonds is 2. The van der Waals surface area contributed by atoms with Crippen LogP contribution in [0.25, 0.3) is 0 Å². The van der Waals surface area contributed by atoms with Gasteiger partial charge in [0.05, 0.1) is 14.2 Å². The molecule has 0 N–H and O–H groups in total. The zero-order valence-electron chi connectivity index (χ0n) is 13.9. The molecule has 1 aromatic rings. The molecular weight excluding hydrogens is 312 g/mol. The van der Waals surface area contributed by atoms with Crippen molar-refractivity contribution in [1.29, 1.82) is 0 Å². The lowest BCUT2D eigenvalue weighted by atomic mass is 10.1. The van der Waals surface area contributed by atoms with Gasteiger partial charge in [-0.3, -0.25) is 0 Å². The second-order valence-corrected chi connectivity index (χ2v) is 4.54. The number of hydrogen-bond donors (Lipinski definition) is 0. The number of benzene rings is 1. The van der Waals surface area contributed by atoms with Crippen LogP contribution in [0.15, 0.2) is 24.3 Å². The van der Waals surface area contributed by atoms with Crippen molar-refractivity contribution in [3.8, 4) is 23.7 Å². The standard InChI is InChI=1S/C18H18O6/c1-13(23-17(19)21-3)5-7-15-9-11-16(12-10-15)8-6-14(2)24-18(20)22-4/h9-14H,1-4H3. The molecule has 0 bridgehead atoms. The van der Waals surface area contributed by atoms with E-state index in [-0.39, 0.29) is 0 Å². The topological polar surface area (TPSA) is 71.1 Å². The van der Waals surface area contributed by atoms with Crippen molar-refractivity contribution in [2.75, 3.05) is 14.2 Å². The molecule has 1 rings (SSSR count). The molecule has 0 amide bonds. The van der Waals surface area contributed by atoms with E-state index in [0.29, 0.717) is 0 Å². The average molecular weight is 330 g/mol. The third-order valence-corrected chi connectivity index (χ3v) is 2.60. The summed E-state index contributed by atoms with van der Waals surface area (Å²) >= 11 is 0. The Labute approximate surface area is 141 Å². The molecule has 0 fully saturated rings. The predicted molar refractivity (Wildman–Crippen MR) is 86.1 cm³/mol. The van der Waals surface area contributed by atoms with Gasteiger partial charge in [-0.25, -0.2) is 9.59 Å². The van der Waals surface area contributed by atoms with Crippen LogP contribution >= 0.6 is 0 Å². The lowest BCUT2D eigenvalue weighted by Gasteiger charge is -2.04. The maximum atomic E-state index is 10.9. The van der Waals surface area contributed by atoms with Crippen molar-refractivity contribution in [3.63, 3.8) is 0 Å². The average Bonchev–Trinajstić information content (AvgIpc) is 2.58. The summed E-state index contributed by atoms with van der Waals surface area (Å²) < 4.78 is 18.4. The summed E-state index contributed by atoms with van der Waals surface area (Å²) in [6, 6.07) is 7.14. The normalized spacial score (nSPS) is 11.5. The highest BCUT2D eigenvalue weighted by molar-refractivity contribution is 5.60. The number of carbonyl (C=O) groups is 2. The summed E-state index contributed by atoms with van der Waals surface area (Å²) in [4.78, 5) is 21.8. The molecule has 6 heteroatoms. The van der Waals surface area contributed by atoms with Gasteiger partial charge in [0.25, 0.3) is 0 Å². The van der Waals surface area contributed by atoms with Gasteiger partial charge in [-0.1, -0.05) is 23.7 Å². The molecule has 2 unspecified atom stereocenters. The second-order valence-electron chi connectivity index (χ2n) is 4.54. The molecule has 0 aromatic heterocycles. The maximum absolute atomic E-state index is 10.9. The van der Waals surface area contributed by atoms with Gasteiger partial charge >= 0.3 is 12.3 Å². The van der Waals surface area contributed by atoms with Crippen molar-refractivity contribution in [2.45, 2.75) is 26.1 Å². The van der Waals surface area contributed by atoms with Crippen molar-refractivity contribution in [2.24, 2.45) is 0 Å². The number of carbonyl (C=O) groups excluding carboxylic acids is 2. The fourth-order valence-electron chi connectivity index (χ4n) is 1.45. The van der Waals surface area contributed by atoms with Crippen LogP contribution in [-0.4, -0.2) is 38.7 Å². The van der Waals surface area contributed by atoms with Gasteiger partial charge in [0, 0.05) is 11.1 Å². The lowest BCUT2D eigenvalue weighted by Crippen LogP contribution is -2.12. The van der Waals surface area contributed by atoms with Gasteiger partial charge in [-0.15, -0.1) is 0 Å². The van der Waals surface area contributed by atoms with Gasteiger partial charge in [0.2, 0.25) is 0 Å². The molecule has 6 nitrogen and oxygen atoms in total. The Kier molecular flexibility index (Phi) is 7.73. The third kappa shape index (κ3) is 7.24. The highest BCUT2D eigenvalue weighted by atomic mass is 16.7. The SMILES string of the molecule is COC(=O)OC(C)C#Cc1ccc(C#CC(C)OC(=O)OC)cc1. The Morgan fingerprint density at radius 3 is 1.42 bits per heavy atom. The summed E-state index contributed by atoms with van der Waals surface area (Å²) in [7, 11) is 2.47. The number of hydrogen-bond acceptors (Lipinski definition) is 6. The van der Waals surface area contributed by atoms with E-state index in [2.05, 4.69) is 33.2 Å². The zero-order valence-corrected chi connectivity index (χ0v) is 13.9. The first kappa shape index (κ1) is 18.9. The molecule has 0 aliphatic heterocycles. The number of methoxy groups -OCH3 is 2. The van der Waals surface area contributed by atoms with Crippen LogP contribution in [-0.2, 0) is 18.9 Å². The number of ether oxygens (including phenoxy) is 4. The summed E-state index contributed by atoms with van der Waals surface area (Å²) in [6.45, 7) is 3.29. The van der Waals surface area contributed by atoms with E-state index in [4.69, 9.17) is 9.47 Å². The molecule has 126 valence electrons. The van der Waals surface area contributed by atoms with Crippen LogP contribution in [0.4, 0.5) is 9.59 Å². The Morgan fingerprint density at radius 2 is 1.12 bits per heavy atom. The van der Waals surface area contributed by atoms with Crippen molar-refractivity contribution in [1.82, 2.24) is 0 Å². The van der Waals surface area contributed by atoms with Gasteiger partial charge < -0.3 is 18.9 Å². The molecule has 0 radical (unpaired) electrons. The fourth-order valence-corrected chi connectivity index (χ4v) is 1.45. The van der Waals surface area contributed by atoms with Crippen molar-refractivity contribution < 1.29 is 28.5 Å². The molecule has 0 aliphatic rings. The summed E-state index contributed by atoms with van der Waals surface area (Å²) in [6.07, 6.45) is -2.70. The van der Waals surface area contributed by atoms with Gasteiger partial charge in [-0.05, 0) is 38.1 Å². The third-order valence-electron chi connectivity index (χ3n) is 2.60. The van der Waals surface area contributed by atoms with Crippen LogP contribution in [0.1, 0.15) is 25.0 Å². The molecule has 1 aromatic carbocycles. The molecule has 0 saturated heterocycles. The first-order valence-corrected chi connectivity index (χ1v) is 7.07. The minimum atomic E-state index is -0.772.